The van der Waals surface area contributed by atoms with Gasteiger partial charge in [0.25, 0.3) is 0 Å². The van der Waals surface area contributed by atoms with Crippen molar-refractivity contribution in [2.45, 2.75) is 59.1 Å². The Kier molecular flexibility index (Phi) is 7.76. The summed E-state index contributed by atoms with van der Waals surface area (Å²) in [6, 6.07) is 8.29. The lowest BCUT2D eigenvalue weighted by molar-refractivity contribution is -0.135. The third-order valence-electron chi connectivity index (χ3n) is 4.89. The van der Waals surface area contributed by atoms with Gasteiger partial charge in [0, 0.05) is 31.6 Å². The molecule has 1 fully saturated rings. The van der Waals surface area contributed by atoms with E-state index in [4.69, 9.17) is 4.74 Å². The van der Waals surface area contributed by atoms with E-state index in [0.29, 0.717) is 5.91 Å². The van der Waals surface area contributed by atoms with E-state index in [1.807, 2.05) is 24.1 Å². The maximum atomic E-state index is 12.5. The van der Waals surface area contributed by atoms with Crippen molar-refractivity contribution in [1.29, 1.82) is 0 Å². The highest BCUT2D eigenvalue weighted by Gasteiger charge is 2.27. The predicted octanol–water partition coefficient (Wildman–Crippen LogP) is 3.94. The Morgan fingerprint density at radius 3 is 2.60 bits per heavy atom. The van der Waals surface area contributed by atoms with Crippen LogP contribution in [0.2, 0.25) is 0 Å². The minimum Gasteiger partial charge on any atom is -0.491 e. The summed E-state index contributed by atoms with van der Waals surface area (Å²) < 4.78 is 5.93. The smallest absolute Gasteiger partial charge is 0.225 e. The van der Waals surface area contributed by atoms with E-state index in [1.54, 1.807) is 0 Å². The van der Waals surface area contributed by atoms with Crippen molar-refractivity contribution < 1.29 is 9.53 Å². The topological polar surface area (TPSA) is 32.8 Å². The second-order valence-electron chi connectivity index (χ2n) is 7.44. The molecule has 0 aromatic heterocycles. The predicted molar refractivity (Wildman–Crippen MR) is 103 cm³/mol. The third kappa shape index (κ3) is 6.03. The molecule has 0 saturated carbocycles. The molecular weight excluding hydrogens is 312 g/mol. The molecule has 1 aliphatic rings. The summed E-state index contributed by atoms with van der Waals surface area (Å²) in [6.07, 6.45) is 4.33. The number of rotatable bonds is 8. The molecule has 4 nitrogen and oxygen atoms in total. The minimum absolute atomic E-state index is 0.183. The van der Waals surface area contributed by atoms with Gasteiger partial charge in [-0.05, 0) is 52.3 Å². The van der Waals surface area contributed by atoms with E-state index in [9.17, 15) is 4.79 Å². The van der Waals surface area contributed by atoms with Crippen molar-refractivity contribution in [3.8, 4) is 5.75 Å². The van der Waals surface area contributed by atoms with Gasteiger partial charge < -0.3 is 9.64 Å². The Morgan fingerprint density at radius 2 is 1.96 bits per heavy atom. The number of para-hydroxylation sites is 1. The van der Waals surface area contributed by atoms with Crippen molar-refractivity contribution in [2.75, 3.05) is 26.7 Å². The Hall–Kier alpha value is -1.55. The third-order valence-corrected chi connectivity index (χ3v) is 4.89. The van der Waals surface area contributed by atoms with E-state index >= 15 is 0 Å². The molecule has 1 aliphatic heterocycles. The van der Waals surface area contributed by atoms with Gasteiger partial charge in [0.15, 0.2) is 0 Å². The maximum Gasteiger partial charge on any atom is 0.225 e. The van der Waals surface area contributed by atoms with Gasteiger partial charge in [-0.3, -0.25) is 9.69 Å². The highest BCUT2D eigenvalue weighted by atomic mass is 16.5. The monoisotopic (exact) mass is 346 g/mol. The van der Waals surface area contributed by atoms with Crippen molar-refractivity contribution in [3.05, 3.63) is 29.8 Å². The molecule has 0 atom stereocenters. The quantitative estimate of drug-likeness (QED) is 0.715. The van der Waals surface area contributed by atoms with E-state index < -0.39 is 0 Å². The van der Waals surface area contributed by atoms with Crippen LogP contribution in [0.1, 0.15) is 52.0 Å². The zero-order valence-corrected chi connectivity index (χ0v) is 16.3. The number of likely N-dealkylation sites (tertiary alicyclic amines) is 1. The Bertz CT molecular complexity index is 536. The van der Waals surface area contributed by atoms with Crippen LogP contribution in [0.5, 0.6) is 5.75 Å². The number of amides is 1. The normalized spacial score (nSPS) is 16.2. The first-order valence-corrected chi connectivity index (χ1v) is 9.73. The first kappa shape index (κ1) is 19.8. The number of nitrogens with zero attached hydrogens (tertiary/aromatic N) is 2. The molecule has 140 valence electrons. The Labute approximate surface area is 153 Å². The summed E-state index contributed by atoms with van der Waals surface area (Å²) in [7, 11) is 1.95. The fourth-order valence-corrected chi connectivity index (χ4v) is 3.40. The van der Waals surface area contributed by atoms with Gasteiger partial charge >= 0.3 is 0 Å². The average Bonchev–Trinajstić information content (AvgIpc) is 2.61. The van der Waals surface area contributed by atoms with Crippen molar-refractivity contribution in [2.24, 2.45) is 5.92 Å². The molecule has 4 heteroatoms. The molecule has 0 radical (unpaired) electrons. The van der Waals surface area contributed by atoms with Crippen LogP contribution in [-0.4, -0.2) is 48.5 Å². The molecule has 0 N–H and O–H groups in total. The lowest BCUT2D eigenvalue weighted by Gasteiger charge is -2.33. The molecule has 1 saturated heterocycles. The van der Waals surface area contributed by atoms with Crippen LogP contribution in [0.25, 0.3) is 0 Å². The molecule has 0 unspecified atom stereocenters. The second-order valence-corrected chi connectivity index (χ2v) is 7.44. The van der Waals surface area contributed by atoms with Crippen molar-refractivity contribution >= 4 is 5.91 Å². The van der Waals surface area contributed by atoms with Crippen LogP contribution < -0.4 is 4.74 Å². The summed E-state index contributed by atoms with van der Waals surface area (Å²) in [4.78, 5) is 16.9. The number of piperidine rings is 1. The van der Waals surface area contributed by atoms with Gasteiger partial charge in [-0.2, -0.15) is 0 Å². The maximum absolute atomic E-state index is 12.5. The lowest BCUT2D eigenvalue weighted by atomic mass is 9.95. The molecule has 25 heavy (non-hydrogen) atoms. The standard InChI is InChI=1S/C21H34N2O2/c1-5-6-13-22(4)21(24)18-11-14-23(15-12-18)16-19-9-7-8-10-20(19)25-17(2)3/h7-10,17-18H,5-6,11-16H2,1-4H3. The van der Waals surface area contributed by atoms with Crippen LogP contribution >= 0.6 is 0 Å². The molecule has 0 spiro atoms. The van der Waals surface area contributed by atoms with Crippen LogP contribution in [0.4, 0.5) is 0 Å². The fourth-order valence-electron chi connectivity index (χ4n) is 3.40. The minimum atomic E-state index is 0.183. The number of hydrogen-bond donors (Lipinski definition) is 0. The van der Waals surface area contributed by atoms with Crippen molar-refractivity contribution in [3.63, 3.8) is 0 Å². The van der Waals surface area contributed by atoms with Gasteiger partial charge in [-0.25, -0.2) is 0 Å². The molecule has 0 aliphatic carbocycles. The molecule has 1 aromatic carbocycles. The van der Waals surface area contributed by atoms with Crippen molar-refractivity contribution in [1.82, 2.24) is 9.80 Å². The van der Waals surface area contributed by atoms with Crippen LogP contribution in [0, 0.1) is 5.92 Å². The highest BCUT2D eigenvalue weighted by Crippen LogP contribution is 2.25. The number of benzene rings is 1. The summed E-state index contributed by atoms with van der Waals surface area (Å²) in [5, 5.41) is 0. The number of hydrogen-bond acceptors (Lipinski definition) is 3. The van der Waals surface area contributed by atoms with Gasteiger partial charge in [0.2, 0.25) is 5.91 Å². The zero-order valence-electron chi connectivity index (χ0n) is 16.3. The van der Waals surface area contributed by atoms with Gasteiger partial charge in [0.1, 0.15) is 5.75 Å². The number of carbonyl (C=O) groups excluding carboxylic acids is 1. The second kappa shape index (κ2) is 9.81. The molecule has 1 aromatic rings. The van der Waals surface area contributed by atoms with Crippen LogP contribution in [0.3, 0.4) is 0 Å². The van der Waals surface area contributed by atoms with Gasteiger partial charge in [-0.1, -0.05) is 31.5 Å². The Balaban J connectivity index is 1.86. The number of ether oxygens (including phenoxy) is 1. The zero-order chi connectivity index (χ0) is 18.2. The van der Waals surface area contributed by atoms with Gasteiger partial charge in [0.05, 0.1) is 6.10 Å². The Morgan fingerprint density at radius 1 is 1.28 bits per heavy atom. The molecule has 1 amide bonds. The van der Waals surface area contributed by atoms with Crippen LogP contribution in [-0.2, 0) is 11.3 Å². The number of carbonyl (C=O) groups is 1. The van der Waals surface area contributed by atoms with E-state index in [-0.39, 0.29) is 12.0 Å². The van der Waals surface area contributed by atoms with Gasteiger partial charge in [-0.15, -0.1) is 0 Å². The van der Waals surface area contributed by atoms with Crippen LogP contribution in [0.15, 0.2) is 24.3 Å². The molecule has 2 rings (SSSR count). The first-order valence-electron chi connectivity index (χ1n) is 9.73. The SMILES string of the molecule is CCCCN(C)C(=O)C1CCN(Cc2ccccc2OC(C)C)CC1. The summed E-state index contributed by atoms with van der Waals surface area (Å²) in [5.41, 5.74) is 1.24. The summed E-state index contributed by atoms with van der Waals surface area (Å²) in [6.45, 7) is 10.0. The average molecular weight is 347 g/mol. The number of unbranched alkanes of at least 4 members (excludes halogenated alkanes) is 1. The summed E-state index contributed by atoms with van der Waals surface area (Å²) in [5.74, 6) is 1.51. The molecular formula is C21H34N2O2. The molecule has 1 heterocycles. The highest BCUT2D eigenvalue weighted by molar-refractivity contribution is 5.78. The lowest BCUT2D eigenvalue weighted by Crippen LogP contribution is -2.41. The largest absolute Gasteiger partial charge is 0.491 e. The first-order chi connectivity index (χ1) is 12.0. The summed E-state index contributed by atoms with van der Waals surface area (Å²) >= 11 is 0. The molecule has 0 bridgehead atoms. The van der Waals surface area contributed by atoms with E-state index in [0.717, 1.165) is 57.6 Å². The fraction of sp³-hybridized carbons (Fsp3) is 0.667. The van der Waals surface area contributed by atoms with E-state index in [2.05, 4.69) is 37.8 Å². The van der Waals surface area contributed by atoms with E-state index in [1.165, 1.54) is 5.56 Å².